The molecule has 28 heavy (non-hydrogen) atoms. The minimum atomic E-state index is -0.281. The lowest BCUT2D eigenvalue weighted by molar-refractivity contribution is 0.0903. The summed E-state index contributed by atoms with van der Waals surface area (Å²) in [6.07, 6.45) is -0.281. The third-order valence-corrected chi connectivity index (χ3v) is 5.27. The summed E-state index contributed by atoms with van der Waals surface area (Å²) in [5.41, 5.74) is 0. The Kier molecular flexibility index (Phi) is 4.21. The van der Waals surface area contributed by atoms with Gasteiger partial charge in [-0.1, -0.05) is 23.5 Å². The molecule has 0 fully saturated rings. The van der Waals surface area contributed by atoms with Crippen LogP contribution in [0.4, 0.5) is 0 Å². The molecule has 5 rings (SSSR count). The van der Waals surface area contributed by atoms with Crippen molar-refractivity contribution in [1.29, 1.82) is 0 Å². The summed E-state index contributed by atoms with van der Waals surface area (Å²) in [6.45, 7) is 0.653. The minimum Gasteiger partial charge on any atom is -0.497 e. The highest BCUT2D eigenvalue weighted by molar-refractivity contribution is 7.16. The van der Waals surface area contributed by atoms with Crippen LogP contribution in [0.15, 0.2) is 48.5 Å². The first-order valence-electron chi connectivity index (χ1n) is 8.66. The number of rotatable bonds is 5. The van der Waals surface area contributed by atoms with Gasteiger partial charge in [0.25, 0.3) is 0 Å². The SMILES string of the molecule is COc1ccc(OCc2nnc3sc(C4COc5ccccc5O4)nn23)cc1. The second kappa shape index (κ2) is 7.01. The van der Waals surface area contributed by atoms with Crippen LogP contribution < -0.4 is 18.9 Å². The van der Waals surface area contributed by atoms with Crippen LogP contribution in [0.1, 0.15) is 16.9 Å². The molecule has 2 aromatic carbocycles. The van der Waals surface area contributed by atoms with E-state index in [0.29, 0.717) is 28.9 Å². The van der Waals surface area contributed by atoms with Crippen LogP contribution in [-0.2, 0) is 6.61 Å². The van der Waals surface area contributed by atoms with E-state index in [4.69, 9.17) is 18.9 Å². The Labute approximate surface area is 164 Å². The van der Waals surface area contributed by atoms with Crippen LogP contribution in [0, 0.1) is 0 Å². The Hall–Kier alpha value is -3.33. The van der Waals surface area contributed by atoms with E-state index in [0.717, 1.165) is 16.5 Å². The maximum atomic E-state index is 6.03. The maximum absolute atomic E-state index is 6.03. The average Bonchev–Trinajstić information content (AvgIpc) is 3.33. The molecule has 8 nitrogen and oxygen atoms in total. The van der Waals surface area contributed by atoms with Gasteiger partial charge >= 0.3 is 0 Å². The summed E-state index contributed by atoms with van der Waals surface area (Å²) in [6, 6.07) is 15.0. The van der Waals surface area contributed by atoms with Crippen LogP contribution in [0.5, 0.6) is 23.0 Å². The van der Waals surface area contributed by atoms with Crippen LogP contribution in [-0.4, -0.2) is 33.5 Å². The van der Waals surface area contributed by atoms with Gasteiger partial charge in [0.1, 0.15) is 24.7 Å². The van der Waals surface area contributed by atoms with Crippen molar-refractivity contribution in [3.8, 4) is 23.0 Å². The summed E-state index contributed by atoms with van der Waals surface area (Å²) in [4.78, 5) is 0.686. The van der Waals surface area contributed by atoms with Crippen molar-refractivity contribution in [2.24, 2.45) is 0 Å². The lowest BCUT2D eigenvalue weighted by atomic mass is 10.3. The zero-order chi connectivity index (χ0) is 18.9. The van der Waals surface area contributed by atoms with Gasteiger partial charge in [-0.2, -0.15) is 9.61 Å². The summed E-state index contributed by atoms with van der Waals surface area (Å²) in [5, 5.41) is 13.8. The number of nitrogens with zero attached hydrogens (tertiary/aromatic N) is 4. The molecule has 0 aliphatic carbocycles. The van der Waals surface area contributed by atoms with Gasteiger partial charge in [0, 0.05) is 0 Å². The Morgan fingerprint density at radius 2 is 1.86 bits per heavy atom. The van der Waals surface area contributed by atoms with E-state index < -0.39 is 0 Å². The topological polar surface area (TPSA) is 80.0 Å². The summed E-state index contributed by atoms with van der Waals surface area (Å²) in [5.74, 6) is 3.57. The molecule has 1 aliphatic heterocycles. The number of para-hydroxylation sites is 2. The van der Waals surface area contributed by atoms with Crippen LogP contribution in [0.25, 0.3) is 4.96 Å². The zero-order valence-electron chi connectivity index (χ0n) is 14.9. The van der Waals surface area contributed by atoms with Gasteiger partial charge in [-0.3, -0.25) is 0 Å². The normalized spacial score (nSPS) is 15.5. The summed E-state index contributed by atoms with van der Waals surface area (Å²) >= 11 is 1.43. The number of hydrogen-bond acceptors (Lipinski definition) is 8. The molecule has 0 saturated heterocycles. The Balaban J connectivity index is 1.33. The molecule has 9 heteroatoms. The number of aromatic nitrogens is 4. The first kappa shape index (κ1) is 16.8. The molecule has 142 valence electrons. The third kappa shape index (κ3) is 3.09. The van der Waals surface area contributed by atoms with Crippen LogP contribution in [0.2, 0.25) is 0 Å². The highest BCUT2D eigenvalue weighted by atomic mass is 32.1. The Morgan fingerprint density at radius 3 is 2.68 bits per heavy atom. The zero-order valence-corrected chi connectivity index (χ0v) is 15.8. The van der Waals surface area contributed by atoms with E-state index in [-0.39, 0.29) is 12.7 Å². The van der Waals surface area contributed by atoms with E-state index in [1.165, 1.54) is 11.3 Å². The molecule has 0 bridgehead atoms. The van der Waals surface area contributed by atoms with Crippen molar-refractivity contribution in [3.05, 3.63) is 59.4 Å². The van der Waals surface area contributed by atoms with Crippen molar-refractivity contribution in [1.82, 2.24) is 19.8 Å². The molecule has 0 amide bonds. The standard InChI is InChI=1S/C19H16N4O4S/c1-24-12-6-8-13(9-7-12)25-11-17-20-21-19-23(17)22-18(28-19)16-10-26-14-4-2-3-5-15(14)27-16/h2-9,16H,10-11H2,1H3. The van der Waals surface area contributed by atoms with Gasteiger partial charge in [0.2, 0.25) is 4.96 Å². The molecule has 0 spiro atoms. The monoisotopic (exact) mass is 396 g/mol. The van der Waals surface area contributed by atoms with Crippen LogP contribution in [0.3, 0.4) is 0 Å². The molecule has 2 aromatic heterocycles. The second-order valence-electron chi connectivity index (χ2n) is 6.08. The van der Waals surface area contributed by atoms with E-state index in [2.05, 4.69) is 15.3 Å². The van der Waals surface area contributed by atoms with Gasteiger partial charge in [-0.25, -0.2) is 0 Å². The quantitative estimate of drug-likeness (QED) is 0.512. The largest absolute Gasteiger partial charge is 0.497 e. The van der Waals surface area contributed by atoms with E-state index in [1.54, 1.807) is 11.6 Å². The molecule has 1 unspecified atom stereocenters. The van der Waals surface area contributed by atoms with Crippen molar-refractivity contribution in [2.45, 2.75) is 12.7 Å². The molecule has 0 N–H and O–H groups in total. The average molecular weight is 396 g/mol. The molecule has 1 atom stereocenters. The number of fused-ring (bicyclic) bond motifs is 2. The molecule has 0 radical (unpaired) electrons. The number of benzene rings is 2. The van der Waals surface area contributed by atoms with E-state index >= 15 is 0 Å². The van der Waals surface area contributed by atoms with Crippen molar-refractivity contribution in [3.63, 3.8) is 0 Å². The number of ether oxygens (including phenoxy) is 4. The molecule has 1 aliphatic rings. The summed E-state index contributed by atoms with van der Waals surface area (Å²) in [7, 11) is 1.63. The molecule has 0 saturated carbocycles. The molecular formula is C19H16N4O4S. The van der Waals surface area contributed by atoms with Gasteiger partial charge in [0.05, 0.1) is 7.11 Å². The lowest BCUT2D eigenvalue weighted by Gasteiger charge is -2.24. The molecule has 4 aromatic rings. The second-order valence-corrected chi connectivity index (χ2v) is 7.07. The predicted octanol–water partition coefficient (Wildman–Crippen LogP) is 3.29. The maximum Gasteiger partial charge on any atom is 0.234 e. The number of hydrogen-bond donors (Lipinski definition) is 0. The van der Waals surface area contributed by atoms with Crippen molar-refractivity contribution >= 4 is 16.3 Å². The first-order chi connectivity index (χ1) is 13.8. The molecule has 3 heterocycles. The van der Waals surface area contributed by atoms with Crippen molar-refractivity contribution < 1.29 is 18.9 Å². The van der Waals surface area contributed by atoms with E-state index in [1.807, 2.05) is 48.5 Å². The van der Waals surface area contributed by atoms with Crippen molar-refractivity contribution in [2.75, 3.05) is 13.7 Å². The van der Waals surface area contributed by atoms with E-state index in [9.17, 15) is 0 Å². The summed E-state index contributed by atoms with van der Waals surface area (Å²) < 4.78 is 24.4. The smallest absolute Gasteiger partial charge is 0.234 e. The lowest BCUT2D eigenvalue weighted by Crippen LogP contribution is -2.21. The Morgan fingerprint density at radius 1 is 1.07 bits per heavy atom. The van der Waals surface area contributed by atoms with Gasteiger partial charge in [0.15, 0.2) is 28.4 Å². The highest BCUT2D eigenvalue weighted by Crippen LogP contribution is 2.36. The fourth-order valence-electron chi connectivity index (χ4n) is 2.85. The highest BCUT2D eigenvalue weighted by Gasteiger charge is 2.26. The fourth-order valence-corrected chi connectivity index (χ4v) is 3.72. The third-order valence-electron chi connectivity index (χ3n) is 4.28. The fraction of sp³-hybridized carbons (Fsp3) is 0.211. The number of methoxy groups -OCH3 is 1. The molecular weight excluding hydrogens is 380 g/mol. The minimum absolute atomic E-state index is 0.252. The van der Waals surface area contributed by atoms with Gasteiger partial charge in [-0.05, 0) is 36.4 Å². The Bertz CT molecular complexity index is 1110. The van der Waals surface area contributed by atoms with Crippen LogP contribution >= 0.6 is 11.3 Å². The first-order valence-corrected chi connectivity index (χ1v) is 9.48. The van der Waals surface area contributed by atoms with Gasteiger partial charge in [-0.15, -0.1) is 10.2 Å². The predicted molar refractivity (Wildman–Crippen MR) is 101 cm³/mol. The van der Waals surface area contributed by atoms with Gasteiger partial charge < -0.3 is 18.9 Å².